The summed E-state index contributed by atoms with van der Waals surface area (Å²) in [5.74, 6) is 0.432. The number of hydrogen-bond donors (Lipinski definition) is 1. The lowest BCUT2D eigenvalue weighted by atomic mass is 10.2. The summed E-state index contributed by atoms with van der Waals surface area (Å²) in [7, 11) is 1.59. The summed E-state index contributed by atoms with van der Waals surface area (Å²) < 4.78 is 5.02. The Morgan fingerprint density at radius 1 is 1.67 bits per heavy atom. The van der Waals surface area contributed by atoms with Crippen LogP contribution in [-0.4, -0.2) is 29.7 Å². The molecule has 0 aliphatic carbocycles. The molecular formula is C11H14N4O3. The highest BCUT2D eigenvalue weighted by Gasteiger charge is 2.16. The largest absolute Gasteiger partial charge is 0.383 e. The van der Waals surface area contributed by atoms with E-state index in [1.807, 2.05) is 6.92 Å². The minimum absolute atomic E-state index is 0.0514. The van der Waals surface area contributed by atoms with Gasteiger partial charge in [-0.25, -0.2) is 4.98 Å². The highest BCUT2D eigenvalue weighted by molar-refractivity contribution is 5.50. The molecule has 1 atom stereocenters. The molecule has 0 radical (unpaired) electrons. The van der Waals surface area contributed by atoms with Crippen molar-refractivity contribution in [3.8, 4) is 6.07 Å². The van der Waals surface area contributed by atoms with Crippen molar-refractivity contribution in [3.05, 3.63) is 27.9 Å². The summed E-state index contributed by atoms with van der Waals surface area (Å²) in [4.78, 5) is 13.9. The summed E-state index contributed by atoms with van der Waals surface area (Å²) in [6, 6.07) is 4.52. The quantitative estimate of drug-likeness (QED) is 0.609. The van der Waals surface area contributed by atoms with E-state index in [-0.39, 0.29) is 17.4 Å². The van der Waals surface area contributed by atoms with E-state index in [4.69, 9.17) is 10.00 Å². The van der Waals surface area contributed by atoms with Crippen molar-refractivity contribution in [2.24, 2.45) is 0 Å². The summed E-state index contributed by atoms with van der Waals surface area (Å²) in [5.41, 5.74) is -0.486. The fourth-order valence-corrected chi connectivity index (χ4v) is 1.43. The second-order valence-corrected chi connectivity index (χ2v) is 3.64. The van der Waals surface area contributed by atoms with Gasteiger partial charge in [-0.3, -0.25) is 10.1 Å². The average molecular weight is 250 g/mol. The number of anilines is 1. The van der Waals surface area contributed by atoms with Crippen LogP contribution in [0.1, 0.15) is 19.0 Å². The van der Waals surface area contributed by atoms with Gasteiger partial charge in [0.15, 0.2) is 0 Å². The summed E-state index contributed by atoms with van der Waals surface area (Å²) in [6.45, 7) is 2.48. The first-order valence-corrected chi connectivity index (χ1v) is 5.43. The van der Waals surface area contributed by atoms with Crippen LogP contribution in [0.3, 0.4) is 0 Å². The van der Waals surface area contributed by atoms with Crippen molar-refractivity contribution in [3.63, 3.8) is 0 Å². The molecule has 7 nitrogen and oxygen atoms in total. The minimum atomic E-state index is -0.623. The molecule has 0 aliphatic heterocycles. The normalized spacial score (nSPS) is 11.6. The zero-order valence-corrected chi connectivity index (χ0v) is 10.2. The number of nitriles is 1. The van der Waals surface area contributed by atoms with E-state index in [1.54, 1.807) is 13.2 Å². The number of methoxy groups -OCH3 is 1. The fourth-order valence-electron chi connectivity index (χ4n) is 1.43. The average Bonchev–Trinajstić information content (AvgIpc) is 2.37. The molecule has 0 spiro atoms. The fraction of sp³-hybridized carbons (Fsp3) is 0.455. The monoisotopic (exact) mass is 250 g/mol. The molecule has 0 fully saturated rings. The Morgan fingerprint density at radius 2 is 2.39 bits per heavy atom. The van der Waals surface area contributed by atoms with Crippen molar-refractivity contribution >= 4 is 11.5 Å². The van der Waals surface area contributed by atoms with Crippen molar-refractivity contribution in [2.45, 2.75) is 19.4 Å². The van der Waals surface area contributed by atoms with Crippen molar-refractivity contribution in [1.29, 1.82) is 5.26 Å². The van der Waals surface area contributed by atoms with Crippen LogP contribution in [0.5, 0.6) is 0 Å². The molecule has 96 valence electrons. The Bertz CT molecular complexity index is 470. The number of nitrogens with zero attached hydrogens (tertiary/aromatic N) is 3. The van der Waals surface area contributed by atoms with Crippen LogP contribution in [-0.2, 0) is 4.74 Å². The van der Waals surface area contributed by atoms with Gasteiger partial charge >= 0.3 is 5.69 Å². The standard InChI is InChI=1S/C11H14N4O3/c1-3-8(7-18-2)13-11-5-4-10(15(16)17)9(6-12)14-11/h4-5,8H,3,7H2,1-2H3,(H,13,14). The van der Waals surface area contributed by atoms with Gasteiger partial charge in [-0.2, -0.15) is 5.26 Å². The molecule has 1 unspecified atom stereocenters. The van der Waals surface area contributed by atoms with Crippen molar-refractivity contribution < 1.29 is 9.66 Å². The first kappa shape index (κ1) is 13.9. The lowest BCUT2D eigenvalue weighted by Gasteiger charge is -2.16. The van der Waals surface area contributed by atoms with Gasteiger partial charge in [-0.05, 0) is 12.5 Å². The van der Waals surface area contributed by atoms with E-state index >= 15 is 0 Å². The molecule has 18 heavy (non-hydrogen) atoms. The molecule has 1 aromatic heterocycles. The van der Waals surface area contributed by atoms with Crippen LogP contribution in [0.2, 0.25) is 0 Å². The van der Waals surface area contributed by atoms with E-state index in [0.717, 1.165) is 6.42 Å². The van der Waals surface area contributed by atoms with E-state index in [2.05, 4.69) is 10.3 Å². The molecule has 1 N–H and O–H groups in total. The predicted octanol–water partition coefficient (Wildman–Crippen LogP) is 1.70. The highest BCUT2D eigenvalue weighted by Crippen LogP contribution is 2.18. The Kier molecular flexibility index (Phi) is 5.02. The third-order valence-corrected chi connectivity index (χ3v) is 2.39. The van der Waals surface area contributed by atoms with Gasteiger partial charge in [0.2, 0.25) is 5.69 Å². The molecule has 0 aliphatic rings. The zero-order valence-electron chi connectivity index (χ0n) is 10.2. The third-order valence-electron chi connectivity index (χ3n) is 2.39. The Hall–Kier alpha value is -2.20. The van der Waals surface area contributed by atoms with Gasteiger partial charge in [0.05, 0.1) is 17.6 Å². The molecule has 0 saturated heterocycles. The first-order chi connectivity index (χ1) is 8.62. The molecule has 1 heterocycles. The van der Waals surface area contributed by atoms with Crippen LogP contribution in [0.15, 0.2) is 12.1 Å². The molecule has 0 amide bonds. The highest BCUT2D eigenvalue weighted by atomic mass is 16.6. The number of pyridine rings is 1. The Balaban J connectivity index is 2.92. The maximum Gasteiger partial charge on any atom is 0.305 e. The number of ether oxygens (including phenoxy) is 1. The Morgan fingerprint density at radius 3 is 2.89 bits per heavy atom. The molecule has 1 rings (SSSR count). The topological polar surface area (TPSA) is 101 Å². The number of aromatic nitrogens is 1. The van der Waals surface area contributed by atoms with Crippen LogP contribution in [0.25, 0.3) is 0 Å². The summed E-state index contributed by atoms with van der Waals surface area (Å²) in [6.07, 6.45) is 0.814. The van der Waals surface area contributed by atoms with Gasteiger partial charge in [0.25, 0.3) is 0 Å². The summed E-state index contributed by atoms with van der Waals surface area (Å²) >= 11 is 0. The van der Waals surface area contributed by atoms with Gasteiger partial charge in [0, 0.05) is 13.2 Å². The van der Waals surface area contributed by atoms with Gasteiger partial charge in [-0.1, -0.05) is 6.92 Å². The summed E-state index contributed by atoms with van der Waals surface area (Å²) in [5, 5.41) is 22.5. The van der Waals surface area contributed by atoms with E-state index in [0.29, 0.717) is 12.4 Å². The zero-order chi connectivity index (χ0) is 13.5. The molecular weight excluding hydrogens is 236 g/mol. The maximum atomic E-state index is 10.6. The van der Waals surface area contributed by atoms with E-state index in [9.17, 15) is 10.1 Å². The van der Waals surface area contributed by atoms with Crippen LogP contribution < -0.4 is 5.32 Å². The second kappa shape index (κ2) is 6.51. The molecule has 0 saturated carbocycles. The lowest BCUT2D eigenvalue weighted by molar-refractivity contribution is -0.385. The maximum absolute atomic E-state index is 10.6. The molecule has 0 bridgehead atoms. The number of hydrogen-bond acceptors (Lipinski definition) is 6. The van der Waals surface area contributed by atoms with Crippen LogP contribution in [0, 0.1) is 21.4 Å². The SMILES string of the molecule is CCC(COC)Nc1ccc([N+](=O)[O-])c(C#N)n1. The van der Waals surface area contributed by atoms with Gasteiger partial charge in [-0.15, -0.1) is 0 Å². The first-order valence-electron chi connectivity index (χ1n) is 5.43. The lowest BCUT2D eigenvalue weighted by Crippen LogP contribution is -2.24. The van der Waals surface area contributed by atoms with Crippen molar-refractivity contribution in [1.82, 2.24) is 4.98 Å². The molecule has 1 aromatic rings. The second-order valence-electron chi connectivity index (χ2n) is 3.64. The van der Waals surface area contributed by atoms with E-state index in [1.165, 1.54) is 12.1 Å². The minimum Gasteiger partial charge on any atom is -0.383 e. The third kappa shape index (κ3) is 3.40. The molecule has 0 aromatic carbocycles. The van der Waals surface area contributed by atoms with Crippen LogP contribution >= 0.6 is 0 Å². The van der Waals surface area contributed by atoms with Gasteiger partial charge < -0.3 is 10.1 Å². The smallest absolute Gasteiger partial charge is 0.305 e. The Labute approximate surface area is 105 Å². The molecule has 7 heteroatoms. The van der Waals surface area contributed by atoms with Crippen molar-refractivity contribution in [2.75, 3.05) is 19.0 Å². The van der Waals surface area contributed by atoms with Crippen LogP contribution in [0.4, 0.5) is 11.5 Å². The van der Waals surface area contributed by atoms with Gasteiger partial charge in [0.1, 0.15) is 11.9 Å². The number of nitro groups is 1. The van der Waals surface area contributed by atoms with E-state index < -0.39 is 4.92 Å². The number of rotatable bonds is 6. The number of nitrogens with one attached hydrogen (secondary N) is 1. The predicted molar refractivity (Wildman–Crippen MR) is 65.2 cm³/mol.